The smallest absolute Gasteiger partial charge is 0.237 e. The number of aromatic nitrogens is 1. The molecule has 1 fully saturated rings. The summed E-state index contributed by atoms with van der Waals surface area (Å²) in [5, 5.41) is 6.32. The molecule has 2 rings (SSSR count). The third kappa shape index (κ3) is 4.18. The third-order valence-corrected chi connectivity index (χ3v) is 3.61. The molecule has 19 heavy (non-hydrogen) atoms. The molecule has 0 radical (unpaired) electrons. The summed E-state index contributed by atoms with van der Waals surface area (Å²) in [6.07, 6.45) is 5.71. The van der Waals surface area contributed by atoms with Crippen LogP contribution >= 0.6 is 12.4 Å². The molecule has 1 saturated heterocycles. The van der Waals surface area contributed by atoms with E-state index in [0.29, 0.717) is 6.54 Å². The third-order valence-electron chi connectivity index (χ3n) is 3.61. The van der Waals surface area contributed by atoms with Gasteiger partial charge >= 0.3 is 0 Å². The second-order valence-electron chi connectivity index (χ2n) is 5.55. The van der Waals surface area contributed by atoms with Gasteiger partial charge in [-0.3, -0.25) is 9.78 Å². The lowest BCUT2D eigenvalue weighted by atomic mass is 9.77. The van der Waals surface area contributed by atoms with Crippen LogP contribution in [0.4, 0.5) is 0 Å². The van der Waals surface area contributed by atoms with Gasteiger partial charge in [0.05, 0.1) is 6.04 Å². The maximum Gasteiger partial charge on any atom is 0.237 e. The van der Waals surface area contributed by atoms with Crippen LogP contribution < -0.4 is 10.6 Å². The van der Waals surface area contributed by atoms with E-state index in [1.54, 1.807) is 12.4 Å². The standard InChI is InChI=1S/C14H21N3O.ClH/c1-14(2)6-3-7-16-12(14)13(18)17-10-11-4-8-15-9-5-11;/h4-5,8-9,12,16H,3,6-7,10H2,1-2H3,(H,17,18);1H. The predicted molar refractivity (Wildman–Crippen MR) is 78.1 cm³/mol. The van der Waals surface area contributed by atoms with Gasteiger partial charge in [0.2, 0.25) is 5.91 Å². The van der Waals surface area contributed by atoms with Crippen molar-refractivity contribution in [3.8, 4) is 0 Å². The second kappa shape index (κ2) is 6.87. The summed E-state index contributed by atoms with van der Waals surface area (Å²) < 4.78 is 0. The van der Waals surface area contributed by atoms with Crippen molar-refractivity contribution in [2.24, 2.45) is 5.41 Å². The first-order valence-corrected chi connectivity index (χ1v) is 6.49. The van der Waals surface area contributed by atoms with Crippen LogP contribution in [0, 0.1) is 5.41 Å². The minimum absolute atomic E-state index is 0. The molecule has 1 aromatic heterocycles. The molecular formula is C14H22ClN3O. The SMILES string of the molecule is CC1(C)CCCNC1C(=O)NCc1ccncc1.Cl. The molecule has 1 aliphatic heterocycles. The molecular weight excluding hydrogens is 262 g/mol. The summed E-state index contributed by atoms with van der Waals surface area (Å²) >= 11 is 0. The first-order chi connectivity index (χ1) is 8.59. The number of carbonyl (C=O) groups is 1. The van der Waals surface area contributed by atoms with Crippen molar-refractivity contribution in [2.75, 3.05) is 6.54 Å². The molecule has 0 saturated carbocycles. The average molecular weight is 284 g/mol. The first-order valence-electron chi connectivity index (χ1n) is 6.49. The zero-order valence-electron chi connectivity index (χ0n) is 11.5. The van der Waals surface area contributed by atoms with Crippen molar-refractivity contribution < 1.29 is 4.79 Å². The molecule has 1 atom stereocenters. The fourth-order valence-electron chi connectivity index (χ4n) is 2.45. The van der Waals surface area contributed by atoms with Crippen molar-refractivity contribution >= 4 is 18.3 Å². The van der Waals surface area contributed by atoms with Crippen LogP contribution in [-0.2, 0) is 11.3 Å². The molecule has 1 amide bonds. The van der Waals surface area contributed by atoms with Gasteiger partial charge in [0, 0.05) is 18.9 Å². The number of halogens is 1. The number of piperidine rings is 1. The summed E-state index contributed by atoms with van der Waals surface area (Å²) in [7, 11) is 0. The van der Waals surface area contributed by atoms with Gasteiger partial charge < -0.3 is 10.6 Å². The van der Waals surface area contributed by atoms with Crippen LogP contribution in [0.1, 0.15) is 32.3 Å². The van der Waals surface area contributed by atoms with Crippen molar-refractivity contribution in [1.29, 1.82) is 0 Å². The number of amides is 1. The molecule has 0 aromatic carbocycles. The molecule has 2 heterocycles. The number of carbonyl (C=O) groups excluding carboxylic acids is 1. The highest BCUT2D eigenvalue weighted by atomic mass is 35.5. The van der Waals surface area contributed by atoms with E-state index in [9.17, 15) is 4.79 Å². The lowest BCUT2D eigenvalue weighted by Gasteiger charge is -2.38. The van der Waals surface area contributed by atoms with E-state index in [1.165, 1.54) is 0 Å². The molecule has 0 bridgehead atoms. The van der Waals surface area contributed by atoms with E-state index in [2.05, 4.69) is 29.5 Å². The quantitative estimate of drug-likeness (QED) is 0.891. The highest BCUT2D eigenvalue weighted by Crippen LogP contribution is 2.30. The number of rotatable bonds is 3. The molecule has 0 aliphatic carbocycles. The van der Waals surface area contributed by atoms with Crippen LogP contribution in [-0.4, -0.2) is 23.5 Å². The molecule has 5 heteroatoms. The zero-order chi connectivity index (χ0) is 13.0. The fourth-order valence-corrected chi connectivity index (χ4v) is 2.45. The van der Waals surface area contributed by atoms with Gasteiger partial charge in [-0.25, -0.2) is 0 Å². The Balaban J connectivity index is 0.00000180. The van der Waals surface area contributed by atoms with Crippen LogP contribution in [0.15, 0.2) is 24.5 Å². The van der Waals surface area contributed by atoms with Crippen molar-refractivity contribution in [3.05, 3.63) is 30.1 Å². The number of pyridine rings is 1. The van der Waals surface area contributed by atoms with Crippen LogP contribution in [0.2, 0.25) is 0 Å². The van der Waals surface area contributed by atoms with Crippen LogP contribution in [0.3, 0.4) is 0 Å². The van der Waals surface area contributed by atoms with E-state index in [1.807, 2.05) is 12.1 Å². The Bertz CT molecular complexity index is 408. The Hall–Kier alpha value is -1.13. The number of hydrogen-bond donors (Lipinski definition) is 2. The number of hydrogen-bond acceptors (Lipinski definition) is 3. The Morgan fingerprint density at radius 3 is 2.79 bits per heavy atom. The van der Waals surface area contributed by atoms with Gasteiger partial charge in [0.15, 0.2) is 0 Å². The number of nitrogens with zero attached hydrogens (tertiary/aromatic N) is 1. The van der Waals surface area contributed by atoms with Gasteiger partial charge in [-0.05, 0) is 42.5 Å². The van der Waals surface area contributed by atoms with Crippen molar-refractivity contribution in [3.63, 3.8) is 0 Å². The molecule has 1 aromatic rings. The molecule has 4 nitrogen and oxygen atoms in total. The zero-order valence-corrected chi connectivity index (χ0v) is 12.3. The van der Waals surface area contributed by atoms with Gasteiger partial charge in [0.1, 0.15) is 0 Å². The average Bonchev–Trinajstić information content (AvgIpc) is 2.37. The Kier molecular flexibility index (Phi) is 5.76. The predicted octanol–water partition coefficient (Wildman–Crippen LogP) is 1.90. The van der Waals surface area contributed by atoms with E-state index in [4.69, 9.17) is 0 Å². The van der Waals surface area contributed by atoms with Gasteiger partial charge in [-0.1, -0.05) is 13.8 Å². The molecule has 106 valence electrons. The lowest BCUT2D eigenvalue weighted by Crippen LogP contribution is -2.55. The Morgan fingerprint density at radius 1 is 1.47 bits per heavy atom. The van der Waals surface area contributed by atoms with E-state index < -0.39 is 0 Å². The number of nitrogens with one attached hydrogen (secondary N) is 2. The topological polar surface area (TPSA) is 54.0 Å². The monoisotopic (exact) mass is 283 g/mol. The summed E-state index contributed by atoms with van der Waals surface area (Å²) in [5.74, 6) is 0.0940. The highest BCUT2D eigenvalue weighted by molar-refractivity contribution is 5.85. The van der Waals surface area contributed by atoms with Crippen molar-refractivity contribution in [2.45, 2.75) is 39.3 Å². The van der Waals surface area contributed by atoms with Gasteiger partial charge in [-0.15, -0.1) is 12.4 Å². The first kappa shape index (κ1) is 15.9. The van der Waals surface area contributed by atoms with Gasteiger partial charge in [0.25, 0.3) is 0 Å². The maximum absolute atomic E-state index is 12.2. The lowest BCUT2D eigenvalue weighted by molar-refractivity contribution is -0.126. The maximum atomic E-state index is 12.2. The van der Waals surface area contributed by atoms with E-state index in [0.717, 1.165) is 24.9 Å². The van der Waals surface area contributed by atoms with Gasteiger partial charge in [-0.2, -0.15) is 0 Å². The van der Waals surface area contributed by atoms with Crippen LogP contribution in [0.5, 0.6) is 0 Å². The molecule has 1 aliphatic rings. The largest absolute Gasteiger partial charge is 0.351 e. The fraction of sp³-hybridized carbons (Fsp3) is 0.571. The Labute approximate surface area is 120 Å². The molecule has 0 spiro atoms. The van der Waals surface area contributed by atoms with E-state index in [-0.39, 0.29) is 29.8 Å². The molecule has 2 N–H and O–H groups in total. The summed E-state index contributed by atoms with van der Waals surface area (Å²) in [6, 6.07) is 3.74. The summed E-state index contributed by atoms with van der Waals surface area (Å²) in [4.78, 5) is 16.2. The summed E-state index contributed by atoms with van der Waals surface area (Å²) in [5.41, 5.74) is 1.10. The van der Waals surface area contributed by atoms with Crippen LogP contribution in [0.25, 0.3) is 0 Å². The minimum atomic E-state index is -0.0897. The normalized spacial score (nSPS) is 21.3. The van der Waals surface area contributed by atoms with E-state index >= 15 is 0 Å². The molecule has 1 unspecified atom stereocenters. The van der Waals surface area contributed by atoms with Crippen molar-refractivity contribution in [1.82, 2.24) is 15.6 Å². The summed E-state index contributed by atoms with van der Waals surface area (Å²) in [6.45, 7) is 5.79. The second-order valence-corrected chi connectivity index (χ2v) is 5.55. The Morgan fingerprint density at radius 2 is 2.16 bits per heavy atom. The highest BCUT2D eigenvalue weighted by Gasteiger charge is 2.36. The minimum Gasteiger partial charge on any atom is -0.351 e.